The van der Waals surface area contributed by atoms with Crippen LogP contribution in [0.4, 0.5) is 4.79 Å². The second kappa shape index (κ2) is 18.4. The number of fused-ring (bicyclic) bond motifs is 2. The lowest BCUT2D eigenvalue weighted by atomic mass is 9.81. The van der Waals surface area contributed by atoms with Crippen LogP contribution in [-0.2, 0) is 41.5 Å². The van der Waals surface area contributed by atoms with Gasteiger partial charge < -0.3 is 25.1 Å². The molecule has 6 rings (SSSR count). The minimum atomic E-state index is -0.741. The van der Waals surface area contributed by atoms with Crippen LogP contribution in [0.2, 0.25) is 0 Å². The van der Waals surface area contributed by atoms with Gasteiger partial charge in [0.25, 0.3) is 0 Å². The zero-order valence-electron chi connectivity index (χ0n) is 31.4. The van der Waals surface area contributed by atoms with Gasteiger partial charge in [0.05, 0.1) is 48.3 Å². The zero-order valence-corrected chi connectivity index (χ0v) is 32.1. The van der Waals surface area contributed by atoms with Crippen molar-refractivity contribution in [2.24, 2.45) is 43.5 Å². The summed E-state index contributed by atoms with van der Waals surface area (Å²) in [5, 5.41) is 9.09. The van der Waals surface area contributed by atoms with E-state index < -0.39 is 11.4 Å². The number of carbonyl (C=O) groups excluding carboxylic acids is 2. The number of amides is 1. The second-order valence-corrected chi connectivity index (χ2v) is 14.5. The summed E-state index contributed by atoms with van der Waals surface area (Å²) in [6.07, 6.45) is 6.50. The number of aryl methyl sites for hydroxylation is 2. The Morgan fingerprint density at radius 2 is 1.13 bits per heavy atom. The monoisotopic (exact) mass is 757 g/mol. The van der Waals surface area contributed by atoms with Crippen LogP contribution >= 0.6 is 11.6 Å². The number of ether oxygens (including phenoxy) is 3. The highest BCUT2D eigenvalue weighted by molar-refractivity contribution is 6.61. The van der Waals surface area contributed by atoms with Gasteiger partial charge in [-0.05, 0) is 101 Å². The molecule has 2 aliphatic carbocycles. The Morgan fingerprint density at radius 1 is 0.736 bits per heavy atom. The molecule has 2 aromatic carbocycles. The summed E-state index contributed by atoms with van der Waals surface area (Å²) >= 11 is 4.81. The van der Waals surface area contributed by atoms with Crippen molar-refractivity contribution in [3.8, 4) is 11.5 Å². The average molecular weight is 758 g/mol. The average Bonchev–Trinajstić information content (AvgIpc) is 3.51. The van der Waals surface area contributed by atoms with Crippen LogP contribution in [0, 0.1) is 23.7 Å². The number of halogens is 1. The van der Waals surface area contributed by atoms with Crippen molar-refractivity contribution < 1.29 is 33.7 Å². The lowest BCUT2D eigenvalue weighted by Gasteiger charge is -2.26. The fourth-order valence-electron chi connectivity index (χ4n) is 7.31. The van der Waals surface area contributed by atoms with Crippen LogP contribution < -0.4 is 26.6 Å². The lowest BCUT2D eigenvalue weighted by molar-refractivity contribution is -0.143. The van der Waals surface area contributed by atoms with Crippen LogP contribution in [0.5, 0.6) is 11.5 Å². The van der Waals surface area contributed by atoms with Gasteiger partial charge in [0.15, 0.2) is 0 Å². The molecule has 2 aromatic heterocycles. The van der Waals surface area contributed by atoms with E-state index in [1.54, 1.807) is 55.9 Å². The maximum Gasteiger partial charge on any atom is 0.404 e. The molecule has 4 aromatic rings. The minimum Gasteiger partial charge on any atom is -0.497 e. The van der Waals surface area contributed by atoms with Crippen molar-refractivity contribution in [1.82, 2.24) is 18.3 Å². The molecule has 2 heterocycles. The largest absolute Gasteiger partial charge is 0.497 e. The number of imidazole rings is 2. The molecule has 2 aliphatic rings. The fraction of sp³-hybridized carbons (Fsp3) is 0.553. The van der Waals surface area contributed by atoms with E-state index in [0.717, 1.165) is 72.1 Å². The third-order valence-corrected chi connectivity index (χ3v) is 10.4. The molecule has 0 spiro atoms. The first-order valence-electron chi connectivity index (χ1n) is 18.0. The molecule has 0 unspecified atom stereocenters. The number of rotatable bonds is 9. The predicted molar refractivity (Wildman–Crippen MR) is 203 cm³/mol. The number of benzene rings is 2. The standard InChI is InChI=1S/C17H23N3O3.C17H22N2O4.C4H7ClO2/c1-19-14-8-7-13(23-2)9-15(14)20(17(19)22)10-11-3-5-12(6-4-11)16(18)21;1-18-14-8-7-13(23-2)9-15(14)19(17(18)22)10-11-3-5-12(6-4-11)16(20)21;1-3(2)7-4(5)6/h7-9,11-12H,3-6,10H2,1-2H3,(H2,18,21);7-9,11-12H,3-6,10H2,1-2H3,(H,20,21);3H,1-2H3. The molecule has 14 nitrogen and oxygen atoms in total. The third kappa shape index (κ3) is 10.2. The Kier molecular flexibility index (Phi) is 14.2. The van der Waals surface area contributed by atoms with Crippen molar-refractivity contribution in [2.75, 3.05) is 14.2 Å². The van der Waals surface area contributed by atoms with Crippen molar-refractivity contribution >= 4 is 51.0 Å². The lowest BCUT2D eigenvalue weighted by Crippen LogP contribution is -2.31. The van der Waals surface area contributed by atoms with E-state index in [2.05, 4.69) is 4.74 Å². The topological polar surface area (TPSA) is 179 Å². The summed E-state index contributed by atoms with van der Waals surface area (Å²) in [4.78, 5) is 57.2. The maximum absolute atomic E-state index is 12.5. The molecular weight excluding hydrogens is 706 g/mol. The number of carboxylic acids is 1. The summed E-state index contributed by atoms with van der Waals surface area (Å²) in [7, 11) is 6.80. The fourth-order valence-corrected chi connectivity index (χ4v) is 7.49. The van der Waals surface area contributed by atoms with Gasteiger partial charge >= 0.3 is 22.8 Å². The van der Waals surface area contributed by atoms with Gasteiger partial charge in [-0.15, -0.1) is 0 Å². The summed E-state index contributed by atoms with van der Waals surface area (Å²) in [5.41, 5.74) is 8.16. The Bertz CT molecular complexity index is 1880. The molecule has 0 bridgehead atoms. The number of methoxy groups -OCH3 is 2. The summed E-state index contributed by atoms with van der Waals surface area (Å²) in [5.74, 6) is 1.10. The van der Waals surface area contributed by atoms with E-state index in [0.29, 0.717) is 37.8 Å². The Balaban J connectivity index is 0.000000201. The normalized spacial score (nSPS) is 19.8. The van der Waals surface area contributed by atoms with E-state index in [9.17, 15) is 24.0 Å². The quantitative estimate of drug-likeness (QED) is 0.204. The highest BCUT2D eigenvalue weighted by Crippen LogP contribution is 2.32. The van der Waals surface area contributed by atoms with Gasteiger partial charge in [-0.2, -0.15) is 0 Å². The maximum atomic E-state index is 12.5. The SMILES string of the molecule is CC(C)OC(=O)Cl.COc1ccc2c(c1)n(CC1CCC(C(=O)O)CC1)c(=O)n2C.COc1ccc2c(c1)n(CC1CCC(C(N)=O)CC1)c(=O)n2C. The van der Waals surface area contributed by atoms with Crippen LogP contribution in [-0.4, -0.2) is 61.0 Å². The molecular formula is C38H52ClN5O9. The van der Waals surface area contributed by atoms with Crippen LogP contribution in [0.1, 0.15) is 65.2 Å². The highest BCUT2D eigenvalue weighted by Gasteiger charge is 2.28. The van der Waals surface area contributed by atoms with Gasteiger partial charge in [-0.25, -0.2) is 14.4 Å². The molecule has 0 atom stereocenters. The predicted octanol–water partition coefficient (Wildman–Crippen LogP) is 5.65. The van der Waals surface area contributed by atoms with Gasteiger partial charge in [-0.3, -0.25) is 27.9 Å². The van der Waals surface area contributed by atoms with Crippen LogP contribution in [0.25, 0.3) is 22.1 Å². The number of nitrogens with two attached hydrogens (primary N) is 1. The van der Waals surface area contributed by atoms with E-state index in [1.807, 2.05) is 41.0 Å². The van der Waals surface area contributed by atoms with Crippen LogP contribution in [0.15, 0.2) is 46.0 Å². The molecule has 290 valence electrons. The van der Waals surface area contributed by atoms with Crippen molar-refractivity contribution in [3.63, 3.8) is 0 Å². The minimum absolute atomic E-state index is 0.00409. The van der Waals surface area contributed by atoms with Crippen molar-refractivity contribution in [3.05, 3.63) is 57.4 Å². The first-order valence-corrected chi connectivity index (χ1v) is 18.4. The molecule has 2 fully saturated rings. The van der Waals surface area contributed by atoms with E-state index in [1.165, 1.54) is 0 Å². The zero-order chi connectivity index (χ0) is 39.0. The van der Waals surface area contributed by atoms with Gasteiger partial charge in [0.1, 0.15) is 11.5 Å². The molecule has 0 aliphatic heterocycles. The Labute approximate surface area is 313 Å². The molecule has 53 heavy (non-hydrogen) atoms. The molecule has 3 N–H and O–H groups in total. The molecule has 2 saturated carbocycles. The number of carboxylic acid groups (broad SMARTS) is 1. The van der Waals surface area contributed by atoms with Crippen molar-refractivity contribution in [2.45, 2.75) is 84.4 Å². The second-order valence-electron chi connectivity index (χ2n) is 14.2. The summed E-state index contributed by atoms with van der Waals surface area (Å²) < 4.78 is 21.9. The molecule has 1 amide bonds. The van der Waals surface area contributed by atoms with E-state index in [4.69, 9.17) is 31.9 Å². The molecule has 0 saturated heterocycles. The van der Waals surface area contributed by atoms with E-state index in [-0.39, 0.29) is 35.2 Å². The number of carbonyl (C=O) groups is 3. The number of aromatic nitrogens is 4. The van der Waals surface area contributed by atoms with Gasteiger partial charge in [0, 0.05) is 56.8 Å². The third-order valence-electron chi connectivity index (χ3n) is 10.4. The van der Waals surface area contributed by atoms with Crippen LogP contribution in [0.3, 0.4) is 0 Å². The van der Waals surface area contributed by atoms with Crippen molar-refractivity contribution in [1.29, 1.82) is 0 Å². The first kappa shape index (κ1) is 41.0. The number of aliphatic carboxylic acids is 1. The summed E-state index contributed by atoms with van der Waals surface area (Å²) in [6.45, 7) is 4.78. The van der Waals surface area contributed by atoms with E-state index >= 15 is 0 Å². The number of hydrogen-bond donors (Lipinski definition) is 2. The Morgan fingerprint density at radius 3 is 1.43 bits per heavy atom. The van der Waals surface area contributed by atoms with Gasteiger partial charge in [0.2, 0.25) is 5.91 Å². The number of primary amides is 1. The molecule has 0 radical (unpaired) electrons. The first-order chi connectivity index (χ1) is 25.1. The smallest absolute Gasteiger partial charge is 0.404 e. The number of hydrogen-bond acceptors (Lipinski definition) is 8. The molecule has 15 heteroatoms. The van der Waals surface area contributed by atoms with Gasteiger partial charge in [-0.1, -0.05) is 0 Å². The number of nitrogens with zero attached hydrogens (tertiary/aromatic N) is 4. The highest BCUT2D eigenvalue weighted by atomic mass is 35.5. The Hall–Kier alpha value is -4.72. The summed E-state index contributed by atoms with van der Waals surface area (Å²) in [6, 6.07) is 11.3.